The number of benzene rings is 1. The number of rotatable bonds is 3. The van der Waals surface area contributed by atoms with Crippen molar-refractivity contribution in [1.82, 2.24) is 14.4 Å². The van der Waals surface area contributed by atoms with E-state index in [9.17, 15) is 9.59 Å². The summed E-state index contributed by atoms with van der Waals surface area (Å²) in [5.74, 6) is 0.998. The van der Waals surface area contributed by atoms with Crippen molar-refractivity contribution in [2.75, 3.05) is 26.7 Å². The van der Waals surface area contributed by atoms with E-state index in [4.69, 9.17) is 0 Å². The minimum Gasteiger partial charge on any atom is -0.340 e. The Morgan fingerprint density at radius 1 is 1.07 bits per heavy atom. The number of aromatic nitrogens is 1. The summed E-state index contributed by atoms with van der Waals surface area (Å²) in [6.07, 6.45) is 1.68. The van der Waals surface area contributed by atoms with Crippen molar-refractivity contribution < 1.29 is 4.79 Å². The molecule has 5 nitrogen and oxygen atoms in total. The predicted octanol–water partition coefficient (Wildman–Crippen LogP) is 2.34. The van der Waals surface area contributed by atoms with Gasteiger partial charge in [-0.15, -0.1) is 12.4 Å². The van der Waals surface area contributed by atoms with Crippen molar-refractivity contribution >= 4 is 18.3 Å². The van der Waals surface area contributed by atoms with Crippen LogP contribution < -0.4 is 5.56 Å². The summed E-state index contributed by atoms with van der Waals surface area (Å²) in [4.78, 5) is 29.0. The second-order valence-electron chi connectivity index (χ2n) is 7.63. The molecule has 2 aromatic rings. The fraction of sp³-hybridized carbons (Fsp3) is 0.429. The molecular formula is C21H26ClN3O2. The largest absolute Gasteiger partial charge is 0.340 e. The fourth-order valence-electron chi connectivity index (χ4n) is 4.69. The van der Waals surface area contributed by atoms with Gasteiger partial charge in [-0.2, -0.15) is 0 Å². The molecule has 2 aliphatic heterocycles. The second kappa shape index (κ2) is 7.87. The highest BCUT2D eigenvalue weighted by Gasteiger charge is 2.47. The van der Waals surface area contributed by atoms with E-state index < -0.39 is 0 Å². The molecule has 0 bridgehead atoms. The first-order valence-corrected chi connectivity index (χ1v) is 9.23. The molecule has 0 radical (unpaired) electrons. The number of likely N-dealkylation sites (tertiary alicyclic amines) is 2. The highest BCUT2D eigenvalue weighted by Crippen LogP contribution is 2.44. The van der Waals surface area contributed by atoms with Crippen LogP contribution in [0, 0.1) is 18.8 Å². The Morgan fingerprint density at radius 2 is 1.81 bits per heavy atom. The normalized spacial score (nSPS) is 24.5. The van der Waals surface area contributed by atoms with Crippen LogP contribution in [0.4, 0.5) is 0 Å². The molecule has 2 saturated heterocycles. The number of fused-ring (bicyclic) bond motifs is 1. The van der Waals surface area contributed by atoms with Crippen LogP contribution in [0.15, 0.2) is 53.5 Å². The van der Waals surface area contributed by atoms with Crippen LogP contribution in [0.5, 0.6) is 0 Å². The van der Waals surface area contributed by atoms with Crippen LogP contribution in [0.3, 0.4) is 0 Å². The van der Waals surface area contributed by atoms with Gasteiger partial charge in [0.2, 0.25) is 5.91 Å². The maximum Gasteiger partial charge on any atom is 0.250 e. The third-order valence-electron chi connectivity index (χ3n) is 5.96. The lowest BCUT2D eigenvalue weighted by atomic mass is 9.88. The van der Waals surface area contributed by atoms with Gasteiger partial charge < -0.3 is 9.47 Å². The number of aryl methyl sites for hydroxylation is 1. The number of hydrogen-bond acceptors (Lipinski definition) is 3. The summed E-state index contributed by atoms with van der Waals surface area (Å²) in [5, 5.41) is 0. The number of carbonyl (C=O) groups excluding carboxylic acids is 1. The molecule has 144 valence electrons. The second-order valence-corrected chi connectivity index (χ2v) is 7.63. The van der Waals surface area contributed by atoms with Gasteiger partial charge in [-0.05, 0) is 37.1 Å². The highest BCUT2D eigenvalue weighted by molar-refractivity contribution is 5.85. The van der Waals surface area contributed by atoms with Crippen LogP contribution in [0.2, 0.25) is 0 Å². The monoisotopic (exact) mass is 387 g/mol. The summed E-state index contributed by atoms with van der Waals surface area (Å²) < 4.78 is 1.49. The first kappa shape index (κ1) is 19.6. The molecule has 2 aliphatic rings. The highest BCUT2D eigenvalue weighted by atomic mass is 35.5. The Labute approximate surface area is 166 Å². The molecule has 1 aromatic heterocycles. The molecule has 1 amide bonds. The average molecular weight is 388 g/mol. The first-order chi connectivity index (χ1) is 12.5. The number of pyridine rings is 1. The van der Waals surface area contributed by atoms with Gasteiger partial charge in [-0.3, -0.25) is 14.5 Å². The minimum atomic E-state index is -0.127. The summed E-state index contributed by atoms with van der Waals surface area (Å²) >= 11 is 0. The van der Waals surface area contributed by atoms with Gasteiger partial charge in [0, 0.05) is 43.9 Å². The van der Waals surface area contributed by atoms with Gasteiger partial charge in [-0.25, -0.2) is 0 Å². The van der Waals surface area contributed by atoms with Crippen molar-refractivity contribution in [2.24, 2.45) is 11.8 Å². The van der Waals surface area contributed by atoms with Crippen molar-refractivity contribution in [2.45, 2.75) is 19.5 Å². The number of hydrogen-bond donors (Lipinski definition) is 0. The van der Waals surface area contributed by atoms with Gasteiger partial charge in [-0.1, -0.05) is 30.3 Å². The maximum absolute atomic E-state index is 12.7. The Bertz CT molecular complexity index is 881. The van der Waals surface area contributed by atoms with Gasteiger partial charge >= 0.3 is 0 Å². The number of halogens is 1. The van der Waals surface area contributed by atoms with E-state index in [0.717, 1.165) is 19.6 Å². The Morgan fingerprint density at radius 3 is 2.56 bits per heavy atom. The molecule has 0 unspecified atom stereocenters. The molecule has 0 N–H and O–H groups in total. The molecule has 27 heavy (non-hydrogen) atoms. The quantitative estimate of drug-likeness (QED) is 0.812. The SMILES string of the molecule is Cc1ccccc1[C@H]1[C@@H]2CN(C(=O)Cn3ccccc3=O)C[C@@H]2CN1C.Cl. The zero-order valence-corrected chi connectivity index (χ0v) is 16.6. The minimum absolute atomic E-state index is 0. The summed E-state index contributed by atoms with van der Waals surface area (Å²) in [6, 6.07) is 13.9. The Balaban J connectivity index is 0.00000210. The maximum atomic E-state index is 12.7. The predicted molar refractivity (Wildman–Crippen MR) is 108 cm³/mol. The lowest BCUT2D eigenvalue weighted by Gasteiger charge is -2.28. The van der Waals surface area contributed by atoms with E-state index in [0.29, 0.717) is 17.9 Å². The van der Waals surface area contributed by atoms with Gasteiger partial charge in [0.25, 0.3) is 5.56 Å². The van der Waals surface area contributed by atoms with Crippen LogP contribution >= 0.6 is 12.4 Å². The molecule has 2 fully saturated rings. The zero-order chi connectivity index (χ0) is 18.3. The van der Waals surface area contributed by atoms with E-state index in [1.165, 1.54) is 21.8 Å². The molecular weight excluding hydrogens is 362 g/mol. The molecule has 0 saturated carbocycles. The van der Waals surface area contributed by atoms with Crippen LogP contribution in [-0.2, 0) is 11.3 Å². The lowest BCUT2D eigenvalue weighted by Crippen LogP contribution is -2.37. The topological polar surface area (TPSA) is 45.6 Å². The molecule has 4 rings (SSSR count). The van der Waals surface area contributed by atoms with Gasteiger partial charge in [0.1, 0.15) is 6.54 Å². The van der Waals surface area contributed by atoms with Crippen molar-refractivity contribution in [1.29, 1.82) is 0 Å². The van der Waals surface area contributed by atoms with Crippen molar-refractivity contribution in [3.63, 3.8) is 0 Å². The van der Waals surface area contributed by atoms with Crippen LogP contribution in [-0.4, -0.2) is 47.0 Å². The first-order valence-electron chi connectivity index (χ1n) is 9.23. The molecule has 0 spiro atoms. The lowest BCUT2D eigenvalue weighted by molar-refractivity contribution is -0.131. The smallest absolute Gasteiger partial charge is 0.250 e. The third-order valence-corrected chi connectivity index (χ3v) is 5.96. The molecule has 0 aliphatic carbocycles. The third kappa shape index (κ3) is 3.66. The van der Waals surface area contributed by atoms with Gasteiger partial charge in [0.15, 0.2) is 0 Å². The van der Waals surface area contributed by atoms with Crippen LogP contribution in [0.1, 0.15) is 17.2 Å². The van der Waals surface area contributed by atoms with E-state index in [-0.39, 0.29) is 30.4 Å². The summed E-state index contributed by atoms with van der Waals surface area (Å²) in [5.41, 5.74) is 2.56. The van der Waals surface area contributed by atoms with Crippen molar-refractivity contribution in [3.8, 4) is 0 Å². The van der Waals surface area contributed by atoms with Crippen LogP contribution in [0.25, 0.3) is 0 Å². The fourth-order valence-corrected chi connectivity index (χ4v) is 4.69. The Hall–Kier alpha value is -2.11. The van der Waals surface area contributed by atoms with Crippen molar-refractivity contribution in [3.05, 3.63) is 70.1 Å². The Kier molecular flexibility index (Phi) is 5.72. The molecule has 3 atom stereocenters. The summed E-state index contributed by atoms with van der Waals surface area (Å²) in [7, 11) is 2.19. The van der Waals surface area contributed by atoms with E-state index >= 15 is 0 Å². The van der Waals surface area contributed by atoms with E-state index in [1.54, 1.807) is 18.3 Å². The standard InChI is InChI=1S/C21H25N3O2.ClH/c1-15-7-3-4-8-17(15)21-18-13-24(12-16(18)11-22(21)2)20(26)14-23-10-6-5-9-19(23)25;/h3-10,16,18,21H,11-14H2,1-2H3;1H/t16-,18+,21-;/m0./s1. The number of nitrogens with zero attached hydrogens (tertiary/aromatic N) is 3. The van der Waals surface area contributed by atoms with E-state index in [2.05, 4.69) is 43.1 Å². The molecule has 1 aromatic carbocycles. The summed E-state index contributed by atoms with van der Waals surface area (Å²) in [6.45, 7) is 4.87. The average Bonchev–Trinajstić information content (AvgIpc) is 3.14. The number of carbonyl (C=O) groups is 1. The molecule has 6 heteroatoms. The van der Waals surface area contributed by atoms with E-state index in [1.807, 2.05) is 4.90 Å². The number of amides is 1. The molecule has 3 heterocycles. The van der Waals surface area contributed by atoms with Gasteiger partial charge in [0.05, 0.1) is 0 Å². The zero-order valence-electron chi connectivity index (χ0n) is 15.7.